The summed E-state index contributed by atoms with van der Waals surface area (Å²) >= 11 is 2.91. The Kier molecular flexibility index (Phi) is 3.52. The second-order valence-electron chi connectivity index (χ2n) is 3.30. The maximum absolute atomic E-state index is 9.32. The quantitative estimate of drug-likeness (QED) is 0.910. The topological polar surface area (TPSA) is 58.9 Å². The first-order valence-corrected chi connectivity index (χ1v) is 6.36. The van der Waals surface area contributed by atoms with Gasteiger partial charge in [-0.05, 0) is 37.5 Å². The molecule has 0 spiro atoms. The van der Waals surface area contributed by atoms with Gasteiger partial charge in [-0.25, -0.2) is 4.98 Å². The van der Waals surface area contributed by atoms with Crippen LogP contribution in [0.5, 0.6) is 0 Å². The SMILES string of the molecule is Cc1nsc(Sc2ccc(C(C)O)nc2)n1. The van der Waals surface area contributed by atoms with Gasteiger partial charge in [-0.1, -0.05) is 11.8 Å². The van der Waals surface area contributed by atoms with Gasteiger partial charge in [0.05, 0.1) is 11.8 Å². The van der Waals surface area contributed by atoms with Gasteiger partial charge in [-0.15, -0.1) is 0 Å². The number of hydrogen-bond donors (Lipinski definition) is 1. The molecule has 84 valence electrons. The van der Waals surface area contributed by atoms with Gasteiger partial charge < -0.3 is 5.11 Å². The number of rotatable bonds is 3. The molecule has 1 unspecified atom stereocenters. The highest BCUT2D eigenvalue weighted by molar-refractivity contribution is 8.01. The molecule has 1 atom stereocenters. The van der Waals surface area contributed by atoms with Crippen molar-refractivity contribution in [2.45, 2.75) is 29.2 Å². The van der Waals surface area contributed by atoms with E-state index in [-0.39, 0.29) is 0 Å². The van der Waals surface area contributed by atoms with Crippen LogP contribution in [0.1, 0.15) is 24.5 Å². The molecule has 0 aliphatic carbocycles. The molecule has 0 bridgehead atoms. The largest absolute Gasteiger partial charge is 0.387 e. The lowest BCUT2D eigenvalue weighted by Crippen LogP contribution is -1.94. The molecule has 2 aromatic heterocycles. The average molecular weight is 253 g/mol. The molecule has 2 rings (SSSR count). The highest BCUT2D eigenvalue weighted by atomic mass is 32.2. The van der Waals surface area contributed by atoms with Gasteiger partial charge in [0.25, 0.3) is 0 Å². The number of aromatic nitrogens is 3. The third-order valence-electron chi connectivity index (χ3n) is 1.90. The Labute approximate surface area is 102 Å². The lowest BCUT2D eigenvalue weighted by Gasteiger charge is -2.03. The molecule has 0 fully saturated rings. The summed E-state index contributed by atoms with van der Waals surface area (Å²) in [7, 11) is 0. The van der Waals surface area contributed by atoms with Crippen molar-refractivity contribution in [3.8, 4) is 0 Å². The average Bonchev–Trinajstić information content (AvgIpc) is 2.65. The van der Waals surface area contributed by atoms with Crippen LogP contribution in [0.3, 0.4) is 0 Å². The first-order valence-electron chi connectivity index (χ1n) is 4.77. The van der Waals surface area contributed by atoms with E-state index in [1.807, 2.05) is 19.1 Å². The number of aliphatic hydroxyl groups is 1. The van der Waals surface area contributed by atoms with Crippen LogP contribution < -0.4 is 0 Å². The van der Waals surface area contributed by atoms with E-state index in [0.29, 0.717) is 5.69 Å². The van der Waals surface area contributed by atoms with E-state index < -0.39 is 6.10 Å². The zero-order valence-corrected chi connectivity index (χ0v) is 10.5. The number of hydrogen-bond acceptors (Lipinski definition) is 6. The number of nitrogens with zero attached hydrogens (tertiary/aromatic N) is 3. The minimum absolute atomic E-state index is 0.525. The molecule has 0 saturated carbocycles. The number of pyridine rings is 1. The third kappa shape index (κ3) is 2.78. The fraction of sp³-hybridized carbons (Fsp3) is 0.300. The van der Waals surface area contributed by atoms with Gasteiger partial charge in [-0.3, -0.25) is 4.98 Å². The third-order valence-corrected chi connectivity index (χ3v) is 3.72. The van der Waals surface area contributed by atoms with Crippen LogP contribution >= 0.6 is 23.3 Å². The van der Waals surface area contributed by atoms with Crippen molar-refractivity contribution in [3.05, 3.63) is 29.8 Å². The molecule has 0 aliphatic rings. The lowest BCUT2D eigenvalue weighted by molar-refractivity contribution is 0.194. The standard InChI is InChI=1S/C10H11N3OS2/c1-6(14)9-4-3-8(5-11-9)15-10-12-7(2)13-16-10/h3-6,14H,1-2H3. The van der Waals surface area contributed by atoms with E-state index in [1.54, 1.807) is 13.1 Å². The van der Waals surface area contributed by atoms with Crippen LogP contribution in [-0.4, -0.2) is 19.4 Å². The molecule has 1 N–H and O–H groups in total. The smallest absolute Gasteiger partial charge is 0.174 e. The van der Waals surface area contributed by atoms with Crippen molar-refractivity contribution >= 4 is 23.3 Å². The molecule has 2 aromatic rings. The van der Waals surface area contributed by atoms with E-state index >= 15 is 0 Å². The van der Waals surface area contributed by atoms with Crippen LogP contribution in [-0.2, 0) is 0 Å². The summed E-state index contributed by atoms with van der Waals surface area (Å²) in [6.07, 6.45) is 1.21. The predicted octanol–water partition coefficient (Wildman–Crippen LogP) is 2.45. The molecule has 0 radical (unpaired) electrons. The molecule has 2 heterocycles. The summed E-state index contributed by atoms with van der Waals surface area (Å²) in [5.41, 5.74) is 0.679. The lowest BCUT2D eigenvalue weighted by atomic mass is 10.2. The van der Waals surface area contributed by atoms with Crippen LogP contribution in [0, 0.1) is 6.92 Å². The monoisotopic (exact) mass is 253 g/mol. The Bertz CT molecular complexity index is 467. The summed E-state index contributed by atoms with van der Waals surface area (Å²) in [4.78, 5) is 9.42. The Balaban J connectivity index is 2.11. The summed E-state index contributed by atoms with van der Waals surface area (Å²) in [5, 5.41) is 9.32. The first-order chi connectivity index (χ1) is 7.65. The van der Waals surface area contributed by atoms with Gasteiger partial charge in [0.15, 0.2) is 4.34 Å². The molecule has 0 aromatic carbocycles. The molecule has 6 heteroatoms. The van der Waals surface area contributed by atoms with Gasteiger partial charge in [0, 0.05) is 11.1 Å². The van der Waals surface area contributed by atoms with Crippen LogP contribution in [0.25, 0.3) is 0 Å². The maximum Gasteiger partial charge on any atom is 0.174 e. The summed E-state index contributed by atoms with van der Waals surface area (Å²) in [5.74, 6) is 0.793. The van der Waals surface area contributed by atoms with Crippen molar-refractivity contribution in [3.63, 3.8) is 0 Å². The van der Waals surface area contributed by atoms with Crippen molar-refractivity contribution in [1.82, 2.24) is 14.3 Å². The zero-order valence-electron chi connectivity index (χ0n) is 8.91. The number of aryl methyl sites for hydroxylation is 1. The van der Waals surface area contributed by atoms with E-state index in [9.17, 15) is 5.11 Å². The summed E-state index contributed by atoms with van der Waals surface area (Å²) in [6.45, 7) is 3.57. The highest BCUT2D eigenvalue weighted by Gasteiger charge is 2.05. The summed E-state index contributed by atoms with van der Waals surface area (Å²) < 4.78 is 5.01. The molecule has 0 aliphatic heterocycles. The molecule has 4 nitrogen and oxygen atoms in total. The van der Waals surface area contributed by atoms with Gasteiger partial charge in [0.1, 0.15) is 5.82 Å². The second kappa shape index (κ2) is 4.90. The van der Waals surface area contributed by atoms with Crippen molar-refractivity contribution < 1.29 is 5.11 Å². The predicted molar refractivity (Wildman–Crippen MR) is 63.6 cm³/mol. The van der Waals surface area contributed by atoms with Gasteiger partial charge in [-0.2, -0.15) is 4.37 Å². The van der Waals surface area contributed by atoms with Gasteiger partial charge in [0.2, 0.25) is 0 Å². The Hall–Kier alpha value is -0.980. The number of aliphatic hydroxyl groups excluding tert-OH is 1. The minimum Gasteiger partial charge on any atom is -0.387 e. The second-order valence-corrected chi connectivity index (χ2v) is 5.38. The Morgan fingerprint density at radius 3 is 2.75 bits per heavy atom. The van der Waals surface area contributed by atoms with Gasteiger partial charge >= 0.3 is 0 Å². The Morgan fingerprint density at radius 2 is 2.25 bits per heavy atom. The highest BCUT2D eigenvalue weighted by Crippen LogP contribution is 2.28. The van der Waals surface area contributed by atoms with Crippen LogP contribution in [0.15, 0.2) is 27.6 Å². The first kappa shape index (κ1) is 11.5. The maximum atomic E-state index is 9.32. The fourth-order valence-corrected chi connectivity index (χ4v) is 2.71. The van der Waals surface area contributed by atoms with Crippen LogP contribution in [0.2, 0.25) is 0 Å². The molecular formula is C10H11N3OS2. The van der Waals surface area contributed by atoms with Crippen LogP contribution in [0.4, 0.5) is 0 Å². The normalized spacial score (nSPS) is 12.7. The molecular weight excluding hydrogens is 242 g/mol. The minimum atomic E-state index is -0.525. The van der Waals surface area contributed by atoms with E-state index in [1.165, 1.54) is 23.3 Å². The molecule has 0 amide bonds. The van der Waals surface area contributed by atoms with E-state index in [0.717, 1.165) is 15.1 Å². The fourth-order valence-electron chi connectivity index (χ4n) is 1.12. The van der Waals surface area contributed by atoms with Crippen molar-refractivity contribution in [2.75, 3.05) is 0 Å². The summed E-state index contributed by atoms with van der Waals surface area (Å²) in [6, 6.07) is 3.75. The molecule has 0 saturated heterocycles. The van der Waals surface area contributed by atoms with Crippen molar-refractivity contribution in [1.29, 1.82) is 0 Å². The zero-order chi connectivity index (χ0) is 11.5. The van der Waals surface area contributed by atoms with E-state index in [2.05, 4.69) is 14.3 Å². The Morgan fingerprint density at radius 1 is 1.44 bits per heavy atom. The van der Waals surface area contributed by atoms with E-state index in [4.69, 9.17) is 0 Å². The molecule has 16 heavy (non-hydrogen) atoms. The van der Waals surface area contributed by atoms with Crippen molar-refractivity contribution in [2.24, 2.45) is 0 Å².